The molecule has 0 bridgehead atoms. The highest BCUT2D eigenvalue weighted by Crippen LogP contribution is 2.47. The Morgan fingerprint density at radius 1 is 0.508 bits per heavy atom. The van der Waals surface area contributed by atoms with Crippen LogP contribution in [-0.4, -0.2) is 201 Å². The van der Waals surface area contributed by atoms with Gasteiger partial charge in [-0.1, -0.05) is 176 Å². The van der Waals surface area contributed by atoms with Crippen LogP contribution in [0.25, 0.3) is 0 Å². The van der Waals surface area contributed by atoms with Crippen molar-refractivity contribution in [2.24, 2.45) is 34.5 Å². The zero-order valence-corrected chi connectivity index (χ0v) is 83.5. The average Bonchev–Trinajstić information content (AvgIpc) is 1.63. The van der Waals surface area contributed by atoms with E-state index in [0.717, 1.165) is 119 Å². The molecular formula is C94H159ClO20S2Si3. The molecule has 0 saturated carbocycles. The number of carbonyl (C=O) groups excluding carboxylic acids is 2. The van der Waals surface area contributed by atoms with E-state index in [-0.39, 0.29) is 132 Å². The minimum absolute atomic E-state index is 0.0131. The van der Waals surface area contributed by atoms with Crippen molar-refractivity contribution < 1.29 is 92.9 Å². The summed E-state index contributed by atoms with van der Waals surface area (Å²) >= 11 is 4.65. The van der Waals surface area contributed by atoms with Crippen LogP contribution in [0.5, 0.6) is 0 Å². The van der Waals surface area contributed by atoms with Crippen LogP contribution >= 0.6 is 11.1 Å². The molecule has 0 aliphatic carbocycles. The van der Waals surface area contributed by atoms with Crippen LogP contribution in [0.1, 0.15) is 232 Å². The van der Waals surface area contributed by atoms with Crippen molar-refractivity contribution in [1.29, 1.82) is 0 Å². The molecule has 120 heavy (non-hydrogen) atoms. The van der Waals surface area contributed by atoms with Gasteiger partial charge in [-0.25, -0.2) is 0 Å². The van der Waals surface area contributed by atoms with E-state index in [9.17, 15) is 19.8 Å². The van der Waals surface area contributed by atoms with E-state index in [1.165, 1.54) is 11.1 Å². The van der Waals surface area contributed by atoms with Gasteiger partial charge in [-0.3, -0.25) is 9.59 Å². The molecule has 6 fully saturated rings. The predicted octanol–water partition coefficient (Wildman–Crippen LogP) is 19.9. The van der Waals surface area contributed by atoms with Gasteiger partial charge in [-0.05, 0) is 218 Å². The summed E-state index contributed by atoms with van der Waals surface area (Å²) in [5.74, 6) is 0.525. The monoisotopic (exact) mass is 1790 g/mol. The lowest BCUT2D eigenvalue weighted by atomic mass is 9.81. The average molecular weight is 1790 g/mol. The molecular weight excluding hydrogens is 1630 g/mol. The van der Waals surface area contributed by atoms with Gasteiger partial charge in [0, 0.05) is 51.7 Å². The number of methoxy groups -OCH3 is 2. The fraction of sp³-hybridized carbons (Fsp3) is 0.766. The lowest BCUT2D eigenvalue weighted by molar-refractivity contribution is -0.154. The minimum atomic E-state index is -2.14. The molecule has 686 valence electrons. The van der Waals surface area contributed by atoms with Crippen molar-refractivity contribution >= 4 is 70.2 Å². The van der Waals surface area contributed by atoms with Crippen LogP contribution in [-0.2, 0) is 102 Å². The third kappa shape index (κ3) is 35.2. The van der Waals surface area contributed by atoms with Gasteiger partial charge in [0.05, 0.1) is 135 Å². The third-order valence-electron chi connectivity index (χ3n) is 26.2. The maximum atomic E-state index is 12.2. The molecule has 0 aromatic heterocycles. The Morgan fingerprint density at radius 3 is 1.18 bits per heavy atom. The smallest absolute Gasteiger partial charge is 0.335 e. The van der Waals surface area contributed by atoms with E-state index in [0.29, 0.717) is 56.0 Å². The molecule has 6 aliphatic heterocycles. The number of aliphatic hydroxyl groups excluding tert-OH is 2. The summed E-state index contributed by atoms with van der Waals surface area (Å²) in [6, 6.07) is 21.1. The number of rotatable bonds is 34. The standard InChI is InChI=1S/C50H86O8Si2.C38H58O8.C6H15ClSi.2O2S/c1-34-28-39(25-26-42-35(2)29-38(55-42)24-21-27-53-47(51)48(4,5)6)56-43(36(34)3)32-44-41(30-37-22-19-18-20-23-37)46(52-13)45(57-44)31-40(58-60(16,17)50(10,11)12)33-54-59(14,15)49(7,8)9;1-24-18-30(15-16-32-25(2)19-29(44-32)14-11-17-43-37(41)38(4,5)6)45-33(26(24)3)22-34-31(20-27-12-9-8-10-13-27)36(42-7)35(46-34)21-28(40)23-39;1-6(2,3)8(4,5)7;2*1-3-2/h18-20,22-23,34,38-46H,2-3,21,24-33H2,1,4-17H3;8-10,12-13,24,28-36,39-40H,2-3,11,14-23H2,1,4-7H3;1-5H3;;/t34-,38+,39+,40+,41+,42?,43?,44+,45-,46-;24-,28+,29+,30+,31+,32?,33?,34+,35-,36-;;;/m11.../s1. The highest BCUT2D eigenvalue weighted by atomic mass is 35.6. The summed E-state index contributed by atoms with van der Waals surface area (Å²) in [4.78, 5) is 24.2. The molecule has 8 rings (SSSR count). The van der Waals surface area contributed by atoms with Crippen molar-refractivity contribution in [2.45, 2.75) is 385 Å². The predicted molar refractivity (Wildman–Crippen MR) is 490 cm³/mol. The van der Waals surface area contributed by atoms with Gasteiger partial charge >= 0.3 is 35.1 Å². The Hall–Kier alpha value is -3.56. The van der Waals surface area contributed by atoms with Crippen molar-refractivity contribution in [2.75, 3.05) is 40.6 Å². The van der Waals surface area contributed by atoms with Gasteiger partial charge in [0.2, 0.25) is 0 Å². The molecule has 0 amide bonds. The molecule has 0 radical (unpaired) electrons. The molecule has 0 spiro atoms. The van der Waals surface area contributed by atoms with Gasteiger partial charge < -0.3 is 66.4 Å². The van der Waals surface area contributed by atoms with E-state index < -0.39 is 64.1 Å². The van der Waals surface area contributed by atoms with E-state index in [1.54, 1.807) is 7.11 Å². The summed E-state index contributed by atoms with van der Waals surface area (Å²) in [6.07, 6.45) is 12.6. The second-order valence-corrected chi connectivity index (χ2v) is 58.2. The summed E-state index contributed by atoms with van der Waals surface area (Å²) in [6.45, 7) is 68.7. The number of halogens is 1. The van der Waals surface area contributed by atoms with Crippen LogP contribution in [0.15, 0.2) is 109 Å². The first-order valence-electron chi connectivity index (χ1n) is 44.0. The zero-order valence-electron chi connectivity index (χ0n) is 78.1. The third-order valence-corrected chi connectivity index (χ3v) is 40.5. The Labute approximate surface area is 739 Å². The second kappa shape index (κ2) is 49.7. The number of ether oxygens (including phenoxy) is 10. The first kappa shape index (κ1) is 109. The summed E-state index contributed by atoms with van der Waals surface area (Å²) < 4.78 is 111. The topological polar surface area (TPSA) is 254 Å². The van der Waals surface area contributed by atoms with Crippen LogP contribution < -0.4 is 0 Å². The fourth-order valence-electron chi connectivity index (χ4n) is 15.6. The first-order chi connectivity index (χ1) is 55.7. The van der Waals surface area contributed by atoms with Gasteiger partial charge in [-0.2, -0.15) is 27.9 Å². The van der Waals surface area contributed by atoms with E-state index in [2.05, 4.69) is 184 Å². The number of carbonyl (C=O) groups is 2. The molecule has 2 aromatic carbocycles. The highest BCUT2D eigenvalue weighted by Gasteiger charge is 2.51. The lowest BCUT2D eigenvalue weighted by Crippen LogP contribution is -2.49. The van der Waals surface area contributed by atoms with Crippen molar-refractivity contribution in [1.82, 2.24) is 0 Å². The Kier molecular flexibility index (Phi) is 45.0. The van der Waals surface area contributed by atoms with E-state index in [1.807, 2.05) is 66.9 Å². The van der Waals surface area contributed by atoms with Gasteiger partial charge in [-0.15, -0.1) is 0 Å². The number of aliphatic hydroxyl groups is 2. The molecule has 2 N–H and O–H groups in total. The van der Waals surface area contributed by atoms with Crippen molar-refractivity contribution in [3.8, 4) is 0 Å². The molecule has 6 heterocycles. The second-order valence-electron chi connectivity index (χ2n) is 41.1. The first-order valence-corrected chi connectivity index (χ1v) is 55.1. The summed E-state index contributed by atoms with van der Waals surface area (Å²) in [5, 5.41) is 20.3. The Balaban J connectivity index is 0.000000445. The van der Waals surface area contributed by atoms with Crippen molar-refractivity contribution in [3.05, 3.63) is 120 Å². The maximum Gasteiger partial charge on any atom is 0.335 e. The van der Waals surface area contributed by atoms with Gasteiger partial charge in [0.15, 0.2) is 24.0 Å². The normalized spacial score (nSPS) is 28.1. The van der Waals surface area contributed by atoms with Crippen molar-refractivity contribution in [3.63, 3.8) is 0 Å². The molecule has 6 aliphatic rings. The maximum absolute atomic E-state index is 12.2. The van der Waals surface area contributed by atoms with Gasteiger partial charge in [0.25, 0.3) is 0 Å². The number of hydrogen-bond donors (Lipinski definition) is 2. The van der Waals surface area contributed by atoms with Crippen LogP contribution in [0.2, 0.25) is 54.4 Å². The number of benzene rings is 2. The fourth-order valence-corrected chi connectivity index (χ4v) is 18.0. The molecule has 2 aromatic rings. The summed E-state index contributed by atoms with van der Waals surface area (Å²) in [7, 11) is -2.01. The number of esters is 2. The quantitative estimate of drug-likeness (QED) is 0.0217. The highest BCUT2D eigenvalue weighted by molar-refractivity contribution is 7.52. The van der Waals surface area contributed by atoms with Crippen LogP contribution in [0.3, 0.4) is 0 Å². The number of hydrogen-bond acceptors (Lipinski definition) is 20. The molecule has 26 heteroatoms. The largest absolute Gasteiger partial charge is 0.465 e. The van der Waals surface area contributed by atoms with Crippen LogP contribution in [0.4, 0.5) is 0 Å². The molecule has 4 unspecified atom stereocenters. The van der Waals surface area contributed by atoms with E-state index >= 15 is 0 Å². The van der Waals surface area contributed by atoms with E-state index in [4.69, 9.17) is 84.1 Å². The lowest BCUT2D eigenvalue weighted by Gasteiger charge is -2.42. The Morgan fingerprint density at radius 2 is 0.858 bits per heavy atom. The van der Waals surface area contributed by atoms with Crippen LogP contribution in [0, 0.1) is 34.5 Å². The molecule has 6 saturated heterocycles. The molecule has 20 atom stereocenters. The zero-order chi connectivity index (χ0) is 90.7. The minimum Gasteiger partial charge on any atom is -0.465 e. The molecule has 20 nitrogen and oxygen atoms in total. The SMILES string of the molecule is C=C1C[C@H](CCCOC(=O)C(C)(C)C)OC1CC[C@H]1C[C@@H](C)C(=C)C(C[C@@H]2O[C@H](C[C@@H](CO[Si](C)(C)C(C)(C)C)O[Si](C)(C)C(C)(C)C)[C@H](OC)[C@H]2Cc2ccccc2)O1.C=C1C[C@H](CCCOC(=O)C(C)(C)C)OC1CC[C@H]1C[C@@H](C)C(=C)C(C[C@@H]2O[C@H](C[C@H](O)CO)[C@H](OC)[C@H]2Cc2ccccc2)O1.CC(C)(C)[Si](C)(C)Cl.O=S=O.O=S=O. The summed E-state index contributed by atoms with van der Waals surface area (Å²) in [5.41, 5.74) is 6.06. The van der Waals surface area contributed by atoms with Gasteiger partial charge in [0.1, 0.15) is 0 Å². The Bertz CT molecular complexity index is 3490.